The molecule has 5 nitrogen and oxygen atoms in total. The minimum Gasteiger partial charge on any atom is -0.494 e. The molecule has 0 aliphatic rings. The third-order valence-corrected chi connectivity index (χ3v) is 4.12. The highest BCUT2D eigenvalue weighted by Crippen LogP contribution is 2.14. The maximum Gasteiger partial charge on any atom is 0.246 e. The summed E-state index contributed by atoms with van der Waals surface area (Å²) < 4.78 is 5.74. The van der Waals surface area contributed by atoms with E-state index in [1.54, 1.807) is 6.08 Å². The molecule has 0 radical (unpaired) electrons. The molecule has 0 heterocycles. The van der Waals surface area contributed by atoms with Gasteiger partial charge in [-0.25, -0.2) is 0 Å². The van der Waals surface area contributed by atoms with Gasteiger partial charge in [0, 0.05) is 19.2 Å². The van der Waals surface area contributed by atoms with Crippen LogP contribution in [0.2, 0.25) is 0 Å². The average Bonchev–Trinajstić information content (AvgIpc) is 2.66. The Morgan fingerprint density at radius 2 is 1.62 bits per heavy atom. The number of ether oxygens (including phenoxy) is 1. The first-order valence-electron chi connectivity index (χ1n) is 9.62. The largest absolute Gasteiger partial charge is 0.494 e. The molecule has 0 atom stereocenters. The van der Waals surface area contributed by atoms with Crippen LogP contribution >= 0.6 is 0 Å². The van der Waals surface area contributed by atoms with Crippen molar-refractivity contribution in [3.05, 3.63) is 35.9 Å². The van der Waals surface area contributed by atoms with Crippen molar-refractivity contribution in [1.82, 2.24) is 4.90 Å². The summed E-state index contributed by atoms with van der Waals surface area (Å²) in [5, 5.41) is 17.9. The molecule has 5 heteroatoms. The van der Waals surface area contributed by atoms with Crippen LogP contribution in [0.25, 0.3) is 6.08 Å². The first-order chi connectivity index (χ1) is 12.7. The minimum absolute atomic E-state index is 0.121. The van der Waals surface area contributed by atoms with E-state index in [-0.39, 0.29) is 32.2 Å². The lowest BCUT2D eigenvalue weighted by Crippen LogP contribution is -2.34. The lowest BCUT2D eigenvalue weighted by molar-refractivity contribution is -0.126. The van der Waals surface area contributed by atoms with Crippen LogP contribution in [0.3, 0.4) is 0 Å². The van der Waals surface area contributed by atoms with Crippen molar-refractivity contribution < 1.29 is 19.7 Å². The van der Waals surface area contributed by atoms with E-state index >= 15 is 0 Å². The first-order valence-corrected chi connectivity index (χ1v) is 9.62. The molecule has 0 saturated heterocycles. The van der Waals surface area contributed by atoms with Crippen LogP contribution in [0.5, 0.6) is 5.75 Å². The van der Waals surface area contributed by atoms with Crippen molar-refractivity contribution in [3.8, 4) is 5.75 Å². The molecule has 146 valence electrons. The molecule has 0 saturated carbocycles. The Kier molecular flexibility index (Phi) is 12.2. The fourth-order valence-electron chi connectivity index (χ4n) is 2.59. The normalized spacial score (nSPS) is 11.0. The molecule has 0 aliphatic heterocycles. The summed E-state index contributed by atoms with van der Waals surface area (Å²) >= 11 is 0. The summed E-state index contributed by atoms with van der Waals surface area (Å²) in [5.41, 5.74) is 0.901. The molecular weight excluding hydrogens is 330 g/mol. The average molecular weight is 363 g/mol. The molecule has 0 unspecified atom stereocenters. The number of carbonyl (C=O) groups is 1. The van der Waals surface area contributed by atoms with E-state index < -0.39 is 0 Å². The molecule has 1 aromatic carbocycles. The molecule has 0 bridgehead atoms. The number of amides is 1. The summed E-state index contributed by atoms with van der Waals surface area (Å²) in [5.74, 6) is 0.612. The predicted molar refractivity (Wildman–Crippen MR) is 105 cm³/mol. The molecule has 1 amide bonds. The molecule has 2 N–H and O–H groups in total. The fraction of sp³-hybridized carbons (Fsp3) is 0.571. The molecule has 0 fully saturated rings. The van der Waals surface area contributed by atoms with E-state index in [0.717, 1.165) is 24.3 Å². The van der Waals surface area contributed by atoms with E-state index in [0.29, 0.717) is 0 Å². The maximum atomic E-state index is 12.0. The Morgan fingerprint density at radius 1 is 1.00 bits per heavy atom. The highest BCUT2D eigenvalue weighted by molar-refractivity contribution is 5.91. The van der Waals surface area contributed by atoms with E-state index in [2.05, 4.69) is 6.92 Å². The number of unbranched alkanes of at least 4 members (excludes halogenated alkanes) is 5. The number of carbonyl (C=O) groups excluding carboxylic acids is 1. The van der Waals surface area contributed by atoms with Crippen molar-refractivity contribution in [2.45, 2.75) is 45.4 Å². The van der Waals surface area contributed by atoms with Gasteiger partial charge in [0.05, 0.1) is 19.8 Å². The molecule has 0 aliphatic carbocycles. The Balaban J connectivity index is 2.36. The molecule has 0 aromatic heterocycles. The Morgan fingerprint density at radius 3 is 2.23 bits per heavy atom. The Bertz CT molecular complexity index is 507. The lowest BCUT2D eigenvalue weighted by atomic mass is 10.1. The van der Waals surface area contributed by atoms with Crippen molar-refractivity contribution in [1.29, 1.82) is 0 Å². The number of nitrogens with zero attached hydrogens (tertiary/aromatic N) is 1. The van der Waals surface area contributed by atoms with Gasteiger partial charge >= 0.3 is 0 Å². The van der Waals surface area contributed by atoms with Gasteiger partial charge in [-0.05, 0) is 30.2 Å². The van der Waals surface area contributed by atoms with Gasteiger partial charge < -0.3 is 19.8 Å². The molecule has 26 heavy (non-hydrogen) atoms. The van der Waals surface area contributed by atoms with Crippen LogP contribution in [0, 0.1) is 0 Å². The van der Waals surface area contributed by atoms with Crippen molar-refractivity contribution in [3.63, 3.8) is 0 Å². The lowest BCUT2D eigenvalue weighted by Gasteiger charge is -2.18. The Labute approximate surface area is 157 Å². The van der Waals surface area contributed by atoms with Crippen LogP contribution in [-0.2, 0) is 4.79 Å². The summed E-state index contributed by atoms with van der Waals surface area (Å²) in [6.45, 7) is 3.15. The number of aliphatic hydroxyl groups excluding tert-OH is 2. The number of hydrogen-bond acceptors (Lipinski definition) is 4. The summed E-state index contributed by atoms with van der Waals surface area (Å²) in [7, 11) is 0. The van der Waals surface area contributed by atoms with E-state index in [4.69, 9.17) is 14.9 Å². The second-order valence-corrected chi connectivity index (χ2v) is 6.29. The van der Waals surface area contributed by atoms with E-state index in [9.17, 15) is 4.79 Å². The number of benzene rings is 1. The second-order valence-electron chi connectivity index (χ2n) is 6.29. The topological polar surface area (TPSA) is 70.0 Å². The fourth-order valence-corrected chi connectivity index (χ4v) is 2.59. The third kappa shape index (κ3) is 9.59. The quantitative estimate of drug-likeness (QED) is 0.393. The van der Waals surface area contributed by atoms with Gasteiger partial charge in [-0.15, -0.1) is 0 Å². The van der Waals surface area contributed by atoms with Gasteiger partial charge in [-0.2, -0.15) is 0 Å². The van der Waals surface area contributed by atoms with E-state index in [1.807, 2.05) is 24.3 Å². The molecular formula is C21H33NO4. The molecule has 0 spiro atoms. The van der Waals surface area contributed by atoms with Crippen LogP contribution < -0.4 is 4.74 Å². The summed E-state index contributed by atoms with van der Waals surface area (Å²) in [6, 6.07) is 7.62. The monoisotopic (exact) mass is 363 g/mol. The van der Waals surface area contributed by atoms with Crippen LogP contribution in [-0.4, -0.2) is 53.9 Å². The van der Waals surface area contributed by atoms with Crippen LogP contribution in [0.4, 0.5) is 0 Å². The zero-order valence-corrected chi connectivity index (χ0v) is 15.9. The number of aliphatic hydroxyl groups is 2. The van der Waals surface area contributed by atoms with Crippen molar-refractivity contribution in [2.75, 3.05) is 32.9 Å². The van der Waals surface area contributed by atoms with Crippen LogP contribution in [0.1, 0.15) is 51.0 Å². The van der Waals surface area contributed by atoms with Gasteiger partial charge in [0.1, 0.15) is 5.75 Å². The first kappa shape index (κ1) is 22.2. The highest BCUT2D eigenvalue weighted by Gasteiger charge is 2.08. The second kappa shape index (κ2) is 14.3. The Hall–Kier alpha value is -1.85. The van der Waals surface area contributed by atoms with Gasteiger partial charge in [-0.3, -0.25) is 4.79 Å². The van der Waals surface area contributed by atoms with Crippen LogP contribution in [0.15, 0.2) is 30.3 Å². The number of rotatable bonds is 14. The summed E-state index contributed by atoms with van der Waals surface area (Å²) in [4.78, 5) is 13.4. The van der Waals surface area contributed by atoms with E-state index in [1.165, 1.54) is 43.1 Å². The van der Waals surface area contributed by atoms with Gasteiger partial charge in [0.25, 0.3) is 0 Å². The summed E-state index contributed by atoms with van der Waals surface area (Å²) in [6.07, 6.45) is 10.6. The maximum absolute atomic E-state index is 12.0. The zero-order chi connectivity index (χ0) is 19.0. The standard InChI is InChI=1S/C21H33NO4/c1-2-3-4-5-6-7-18-26-20-11-8-19(9-12-20)10-13-21(25)22(14-16-23)15-17-24/h8-13,23-24H,2-7,14-18H2,1H3/b13-10+. The zero-order valence-electron chi connectivity index (χ0n) is 15.9. The number of hydrogen-bond donors (Lipinski definition) is 2. The highest BCUT2D eigenvalue weighted by atomic mass is 16.5. The van der Waals surface area contributed by atoms with Crippen molar-refractivity contribution in [2.24, 2.45) is 0 Å². The molecule has 1 aromatic rings. The van der Waals surface area contributed by atoms with Gasteiger partial charge in [0.15, 0.2) is 0 Å². The smallest absolute Gasteiger partial charge is 0.246 e. The van der Waals surface area contributed by atoms with Gasteiger partial charge in [-0.1, -0.05) is 51.2 Å². The molecule has 1 rings (SSSR count). The minimum atomic E-state index is -0.225. The predicted octanol–water partition coefficient (Wildman–Crippen LogP) is 3.25. The SMILES string of the molecule is CCCCCCCCOc1ccc(/C=C/C(=O)N(CCO)CCO)cc1. The third-order valence-electron chi connectivity index (χ3n) is 4.12. The van der Waals surface area contributed by atoms with Crippen molar-refractivity contribution >= 4 is 12.0 Å². The van der Waals surface area contributed by atoms with Gasteiger partial charge in [0.2, 0.25) is 5.91 Å².